The summed E-state index contributed by atoms with van der Waals surface area (Å²) in [5, 5.41) is 3.42. The summed E-state index contributed by atoms with van der Waals surface area (Å²) in [4.78, 5) is 28.1. The number of fused-ring (bicyclic) bond motifs is 1. The Labute approximate surface area is 125 Å². The zero-order chi connectivity index (χ0) is 14.8. The summed E-state index contributed by atoms with van der Waals surface area (Å²) < 4.78 is 4.78. The van der Waals surface area contributed by atoms with E-state index in [1.807, 2.05) is 4.90 Å². The molecule has 0 aromatic carbocycles. The molecular weight excluding hydrogens is 270 g/mol. The molecule has 3 aliphatic heterocycles. The predicted molar refractivity (Wildman–Crippen MR) is 77.6 cm³/mol. The molecule has 118 valence electrons. The molecule has 0 aromatic heterocycles. The van der Waals surface area contributed by atoms with Crippen LogP contribution in [0.4, 0.5) is 0 Å². The van der Waals surface area contributed by atoms with Gasteiger partial charge in [0, 0.05) is 26.2 Å². The van der Waals surface area contributed by atoms with Gasteiger partial charge in [-0.2, -0.15) is 0 Å². The number of nitrogens with one attached hydrogen (secondary N) is 1. The van der Waals surface area contributed by atoms with E-state index in [0.29, 0.717) is 19.6 Å². The van der Waals surface area contributed by atoms with Crippen LogP contribution < -0.4 is 5.32 Å². The highest BCUT2D eigenvalue weighted by Gasteiger charge is 2.37. The minimum absolute atomic E-state index is 0.0312. The van der Waals surface area contributed by atoms with Gasteiger partial charge in [0.25, 0.3) is 0 Å². The largest absolute Gasteiger partial charge is 0.469 e. The van der Waals surface area contributed by atoms with Gasteiger partial charge in [-0.25, -0.2) is 0 Å². The van der Waals surface area contributed by atoms with E-state index in [0.717, 1.165) is 50.9 Å². The number of rotatable bonds is 3. The van der Waals surface area contributed by atoms with Crippen LogP contribution >= 0.6 is 0 Å². The molecule has 3 aliphatic rings. The third-order valence-electron chi connectivity index (χ3n) is 5.21. The van der Waals surface area contributed by atoms with Crippen molar-refractivity contribution in [3.63, 3.8) is 0 Å². The summed E-state index contributed by atoms with van der Waals surface area (Å²) in [6.45, 7) is 6.18. The van der Waals surface area contributed by atoms with Gasteiger partial charge in [-0.05, 0) is 37.8 Å². The Hall–Kier alpha value is -1.14. The fourth-order valence-electron chi connectivity index (χ4n) is 3.90. The van der Waals surface area contributed by atoms with Crippen LogP contribution in [0.5, 0.6) is 0 Å². The van der Waals surface area contributed by atoms with Crippen LogP contribution in [-0.2, 0) is 14.3 Å². The van der Waals surface area contributed by atoms with Crippen molar-refractivity contribution in [2.75, 3.05) is 52.9 Å². The van der Waals surface area contributed by atoms with E-state index in [1.165, 1.54) is 7.11 Å². The number of piperidine rings is 1. The zero-order valence-electron chi connectivity index (χ0n) is 12.7. The maximum absolute atomic E-state index is 12.4. The van der Waals surface area contributed by atoms with Crippen molar-refractivity contribution >= 4 is 11.9 Å². The van der Waals surface area contributed by atoms with Gasteiger partial charge < -0.3 is 15.0 Å². The lowest BCUT2D eigenvalue weighted by Gasteiger charge is -2.32. The molecule has 3 heterocycles. The van der Waals surface area contributed by atoms with Crippen molar-refractivity contribution in [2.45, 2.75) is 12.8 Å². The van der Waals surface area contributed by atoms with Gasteiger partial charge in [-0.3, -0.25) is 14.5 Å². The Bertz CT molecular complexity index is 395. The van der Waals surface area contributed by atoms with E-state index in [9.17, 15) is 9.59 Å². The second kappa shape index (κ2) is 6.32. The van der Waals surface area contributed by atoms with Crippen molar-refractivity contribution in [2.24, 2.45) is 17.8 Å². The SMILES string of the molecule is COC(=O)C1CCN(C(=O)CN2CC3CNCC3C2)CC1. The number of amides is 1. The lowest BCUT2D eigenvalue weighted by molar-refractivity contribution is -0.149. The van der Waals surface area contributed by atoms with Gasteiger partial charge in [-0.1, -0.05) is 0 Å². The topological polar surface area (TPSA) is 61.9 Å². The molecule has 2 atom stereocenters. The van der Waals surface area contributed by atoms with E-state index in [1.54, 1.807) is 0 Å². The molecule has 1 amide bonds. The smallest absolute Gasteiger partial charge is 0.308 e. The molecule has 6 heteroatoms. The molecule has 1 N–H and O–H groups in total. The maximum atomic E-state index is 12.4. The number of hydrogen-bond donors (Lipinski definition) is 1. The second-order valence-electron chi connectivity index (χ2n) is 6.55. The van der Waals surface area contributed by atoms with E-state index in [4.69, 9.17) is 4.74 Å². The summed E-state index contributed by atoms with van der Waals surface area (Å²) in [5.74, 6) is 1.50. The van der Waals surface area contributed by atoms with Crippen molar-refractivity contribution in [3.8, 4) is 0 Å². The lowest BCUT2D eigenvalue weighted by Crippen LogP contribution is -2.45. The Morgan fingerprint density at radius 2 is 1.76 bits per heavy atom. The Morgan fingerprint density at radius 1 is 1.14 bits per heavy atom. The van der Waals surface area contributed by atoms with Crippen molar-refractivity contribution in [1.82, 2.24) is 15.1 Å². The Balaban J connectivity index is 1.43. The van der Waals surface area contributed by atoms with E-state index in [-0.39, 0.29) is 17.8 Å². The number of carbonyl (C=O) groups excluding carboxylic acids is 2. The molecule has 3 fully saturated rings. The van der Waals surface area contributed by atoms with Crippen LogP contribution in [0.3, 0.4) is 0 Å². The van der Waals surface area contributed by atoms with Gasteiger partial charge in [-0.15, -0.1) is 0 Å². The van der Waals surface area contributed by atoms with Crippen LogP contribution in [0, 0.1) is 17.8 Å². The molecule has 0 bridgehead atoms. The summed E-state index contributed by atoms with van der Waals surface area (Å²) in [5.41, 5.74) is 0. The highest BCUT2D eigenvalue weighted by molar-refractivity contribution is 5.79. The van der Waals surface area contributed by atoms with Crippen LogP contribution in [0.1, 0.15) is 12.8 Å². The molecule has 2 unspecified atom stereocenters. The maximum Gasteiger partial charge on any atom is 0.308 e. The first-order valence-corrected chi connectivity index (χ1v) is 7.96. The van der Waals surface area contributed by atoms with Crippen LogP contribution in [-0.4, -0.2) is 74.6 Å². The molecule has 0 aliphatic carbocycles. The van der Waals surface area contributed by atoms with Crippen molar-refractivity contribution < 1.29 is 14.3 Å². The minimum atomic E-state index is -0.137. The Kier molecular flexibility index (Phi) is 4.45. The highest BCUT2D eigenvalue weighted by Crippen LogP contribution is 2.26. The standard InChI is InChI=1S/C15H25N3O3/c1-21-15(20)11-2-4-18(5-3-11)14(19)10-17-8-12-6-16-7-13(12)9-17/h11-13,16H,2-10H2,1H3. The molecule has 6 nitrogen and oxygen atoms in total. The predicted octanol–water partition coefficient (Wildman–Crippen LogP) is -0.451. The molecule has 3 saturated heterocycles. The fourth-order valence-corrected chi connectivity index (χ4v) is 3.90. The lowest BCUT2D eigenvalue weighted by atomic mass is 9.97. The number of likely N-dealkylation sites (tertiary alicyclic amines) is 2. The molecule has 3 rings (SSSR count). The van der Waals surface area contributed by atoms with Gasteiger partial charge in [0.2, 0.25) is 5.91 Å². The number of methoxy groups -OCH3 is 1. The van der Waals surface area contributed by atoms with E-state index >= 15 is 0 Å². The molecule has 21 heavy (non-hydrogen) atoms. The molecule has 0 saturated carbocycles. The first kappa shape index (κ1) is 14.8. The van der Waals surface area contributed by atoms with Crippen molar-refractivity contribution in [3.05, 3.63) is 0 Å². The molecular formula is C15H25N3O3. The van der Waals surface area contributed by atoms with Crippen LogP contribution in [0.2, 0.25) is 0 Å². The normalized spacial score (nSPS) is 30.4. The van der Waals surface area contributed by atoms with Gasteiger partial charge >= 0.3 is 5.97 Å². The van der Waals surface area contributed by atoms with Gasteiger partial charge in [0.15, 0.2) is 0 Å². The quantitative estimate of drug-likeness (QED) is 0.715. The van der Waals surface area contributed by atoms with Crippen molar-refractivity contribution in [1.29, 1.82) is 0 Å². The minimum Gasteiger partial charge on any atom is -0.469 e. The summed E-state index contributed by atoms with van der Waals surface area (Å²) >= 11 is 0. The van der Waals surface area contributed by atoms with Crippen LogP contribution in [0.25, 0.3) is 0 Å². The number of hydrogen-bond acceptors (Lipinski definition) is 5. The first-order chi connectivity index (χ1) is 10.2. The third kappa shape index (κ3) is 3.21. The molecule has 0 spiro atoms. The Morgan fingerprint density at radius 3 is 2.33 bits per heavy atom. The number of carbonyl (C=O) groups is 2. The van der Waals surface area contributed by atoms with Gasteiger partial charge in [0.1, 0.15) is 0 Å². The summed E-state index contributed by atoms with van der Waals surface area (Å²) in [7, 11) is 1.43. The zero-order valence-corrected chi connectivity index (χ0v) is 12.7. The first-order valence-electron chi connectivity index (χ1n) is 7.96. The second-order valence-corrected chi connectivity index (χ2v) is 6.55. The number of nitrogens with zero attached hydrogens (tertiary/aromatic N) is 2. The summed E-state index contributed by atoms with van der Waals surface area (Å²) in [6, 6.07) is 0. The third-order valence-corrected chi connectivity index (χ3v) is 5.21. The average molecular weight is 295 g/mol. The van der Waals surface area contributed by atoms with E-state index < -0.39 is 0 Å². The summed E-state index contributed by atoms with van der Waals surface area (Å²) in [6.07, 6.45) is 1.46. The molecule has 0 radical (unpaired) electrons. The molecule has 0 aromatic rings. The number of ether oxygens (including phenoxy) is 1. The average Bonchev–Trinajstić information content (AvgIpc) is 3.07. The van der Waals surface area contributed by atoms with Crippen LogP contribution in [0.15, 0.2) is 0 Å². The monoisotopic (exact) mass is 295 g/mol. The van der Waals surface area contributed by atoms with Gasteiger partial charge in [0.05, 0.1) is 19.6 Å². The highest BCUT2D eigenvalue weighted by atomic mass is 16.5. The fraction of sp³-hybridized carbons (Fsp3) is 0.867. The number of esters is 1. The van der Waals surface area contributed by atoms with E-state index in [2.05, 4.69) is 10.2 Å².